The fourth-order valence-corrected chi connectivity index (χ4v) is 3.45. The average molecular weight is 553 g/mol. The number of guanidine groups is 1. The van der Waals surface area contributed by atoms with E-state index in [1.54, 1.807) is 6.20 Å². The van der Waals surface area contributed by atoms with Gasteiger partial charge < -0.3 is 20.1 Å². The molecule has 1 aromatic carbocycles. The molecule has 7 nitrogen and oxygen atoms in total. The van der Waals surface area contributed by atoms with Crippen molar-refractivity contribution in [1.82, 2.24) is 20.5 Å². The highest BCUT2D eigenvalue weighted by Crippen LogP contribution is 2.15. The molecule has 8 heteroatoms. The Bertz CT molecular complexity index is 826. The maximum atomic E-state index is 5.84. The van der Waals surface area contributed by atoms with Gasteiger partial charge in [-0.15, -0.1) is 24.0 Å². The van der Waals surface area contributed by atoms with Gasteiger partial charge in [0.1, 0.15) is 6.61 Å². The molecule has 2 heterocycles. The molecule has 0 radical (unpaired) electrons. The number of aromatic nitrogens is 1. The van der Waals surface area contributed by atoms with Crippen molar-refractivity contribution in [3.8, 4) is 5.88 Å². The van der Waals surface area contributed by atoms with E-state index in [2.05, 4.69) is 41.3 Å². The first-order valence-electron chi connectivity index (χ1n) is 11.0. The number of morpholine rings is 1. The van der Waals surface area contributed by atoms with E-state index in [1.807, 2.05) is 42.5 Å². The minimum atomic E-state index is 0. The molecule has 2 aromatic rings. The molecule has 0 unspecified atom stereocenters. The van der Waals surface area contributed by atoms with Gasteiger partial charge in [0, 0.05) is 44.0 Å². The van der Waals surface area contributed by atoms with Crippen molar-refractivity contribution in [2.24, 2.45) is 4.99 Å². The topological polar surface area (TPSA) is 71.0 Å². The van der Waals surface area contributed by atoms with E-state index in [9.17, 15) is 0 Å². The maximum absolute atomic E-state index is 5.84. The third-order valence-corrected chi connectivity index (χ3v) is 5.35. The van der Waals surface area contributed by atoms with E-state index >= 15 is 0 Å². The fraction of sp³-hybridized carbons (Fsp3) is 0.500. The Labute approximate surface area is 209 Å². The summed E-state index contributed by atoms with van der Waals surface area (Å²) in [4.78, 5) is 11.5. The van der Waals surface area contributed by atoms with E-state index < -0.39 is 0 Å². The molecule has 176 valence electrons. The minimum Gasteiger partial charge on any atom is -0.473 e. The molecule has 0 bridgehead atoms. The summed E-state index contributed by atoms with van der Waals surface area (Å²) in [7, 11) is 0. The van der Waals surface area contributed by atoms with Crippen molar-refractivity contribution in [2.45, 2.75) is 39.5 Å². The Morgan fingerprint density at radius 3 is 2.59 bits per heavy atom. The standard InChI is InChI=1S/C24H35N5O2.HI/c1-4-25-23(28-19-24(2,3)29-12-14-30-15-13-29)27-17-21-10-11-26-22(16-21)31-18-20-8-6-5-7-9-20;/h5-11,16H,4,12-15,17-19H2,1-3H3,(H2,25,27,28);1H. The van der Waals surface area contributed by atoms with Crippen molar-refractivity contribution in [1.29, 1.82) is 0 Å². The van der Waals surface area contributed by atoms with Crippen molar-refractivity contribution in [2.75, 3.05) is 39.4 Å². The summed E-state index contributed by atoms with van der Waals surface area (Å²) in [6, 6.07) is 14.0. The summed E-state index contributed by atoms with van der Waals surface area (Å²) in [5, 5.41) is 6.84. The Morgan fingerprint density at radius 2 is 1.88 bits per heavy atom. The van der Waals surface area contributed by atoms with Crippen LogP contribution in [0.15, 0.2) is 53.7 Å². The van der Waals surface area contributed by atoms with E-state index in [-0.39, 0.29) is 29.5 Å². The molecule has 32 heavy (non-hydrogen) atoms. The molecule has 0 spiro atoms. The Balaban J connectivity index is 0.00000363. The summed E-state index contributed by atoms with van der Waals surface area (Å²) < 4.78 is 11.3. The highest BCUT2D eigenvalue weighted by molar-refractivity contribution is 14.0. The predicted octanol–water partition coefficient (Wildman–Crippen LogP) is 3.44. The molecular formula is C24H36IN5O2. The van der Waals surface area contributed by atoms with Crippen LogP contribution in [0.5, 0.6) is 5.88 Å². The first-order chi connectivity index (χ1) is 15.1. The lowest BCUT2D eigenvalue weighted by Gasteiger charge is -2.41. The maximum Gasteiger partial charge on any atom is 0.213 e. The third kappa shape index (κ3) is 8.55. The first-order valence-corrected chi connectivity index (χ1v) is 11.0. The van der Waals surface area contributed by atoms with Crippen LogP contribution < -0.4 is 15.4 Å². The first kappa shape index (κ1) is 26.3. The van der Waals surface area contributed by atoms with Crippen LogP contribution in [-0.2, 0) is 17.9 Å². The van der Waals surface area contributed by atoms with Crippen LogP contribution in [0, 0.1) is 0 Å². The second-order valence-electron chi connectivity index (χ2n) is 8.24. The molecule has 2 N–H and O–H groups in total. The molecule has 0 atom stereocenters. The van der Waals surface area contributed by atoms with Gasteiger partial charge in [-0.1, -0.05) is 30.3 Å². The van der Waals surface area contributed by atoms with Gasteiger partial charge >= 0.3 is 0 Å². The molecule has 1 fully saturated rings. The number of nitrogens with one attached hydrogen (secondary N) is 2. The summed E-state index contributed by atoms with van der Waals surface area (Å²) in [6.07, 6.45) is 1.77. The van der Waals surface area contributed by atoms with Crippen LogP contribution in [0.4, 0.5) is 0 Å². The number of pyridine rings is 1. The fourth-order valence-electron chi connectivity index (χ4n) is 3.45. The lowest BCUT2D eigenvalue weighted by atomic mass is 10.0. The number of halogens is 1. The second kappa shape index (κ2) is 13.6. The third-order valence-electron chi connectivity index (χ3n) is 5.35. The van der Waals surface area contributed by atoms with E-state index in [4.69, 9.17) is 14.5 Å². The summed E-state index contributed by atoms with van der Waals surface area (Å²) in [5.41, 5.74) is 2.20. The summed E-state index contributed by atoms with van der Waals surface area (Å²) in [5.74, 6) is 1.43. The van der Waals surface area contributed by atoms with Gasteiger partial charge in [-0.2, -0.15) is 0 Å². The van der Waals surface area contributed by atoms with Crippen LogP contribution >= 0.6 is 24.0 Å². The van der Waals surface area contributed by atoms with E-state index in [1.165, 1.54) is 0 Å². The quantitative estimate of drug-likeness (QED) is 0.282. The number of benzene rings is 1. The number of ether oxygens (including phenoxy) is 2. The molecule has 0 aliphatic carbocycles. The molecule has 1 aliphatic heterocycles. The number of aliphatic imine (C=N–C) groups is 1. The summed E-state index contributed by atoms with van der Waals surface area (Å²) >= 11 is 0. The smallest absolute Gasteiger partial charge is 0.213 e. The highest BCUT2D eigenvalue weighted by atomic mass is 127. The molecule has 1 saturated heterocycles. The van der Waals surface area contributed by atoms with Gasteiger partial charge in [-0.3, -0.25) is 4.90 Å². The van der Waals surface area contributed by atoms with Crippen molar-refractivity contribution in [3.63, 3.8) is 0 Å². The molecule has 0 amide bonds. The zero-order chi connectivity index (χ0) is 21.9. The Morgan fingerprint density at radius 1 is 1.12 bits per heavy atom. The Kier molecular flexibility index (Phi) is 11.2. The van der Waals surface area contributed by atoms with Gasteiger partial charge in [-0.25, -0.2) is 9.98 Å². The van der Waals surface area contributed by atoms with Gasteiger partial charge in [0.05, 0.1) is 19.8 Å². The van der Waals surface area contributed by atoms with Crippen molar-refractivity contribution in [3.05, 3.63) is 59.8 Å². The zero-order valence-corrected chi connectivity index (χ0v) is 21.7. The number of hydrogen-bond donors (Lipinski definition) is 2. The lowest BCUT2D eigenvalue weighted by molar-refractivity contribution is -0.00834. The van der Waals surface area contributed by atoms with Gasteiger partial charge in [0.2, 0.25) is 5.88 Å². The minimum absolute atomic E-state index is 0. The van der Waals surface area contributed by atoms with Gasteiger partial charge in [0.15, 0.2) is 5.96 Å². The van der Waals surface area contributed by atoms with Crippen molar-refractivity contribution >= 4 is 29.9 Å². The van der Waals surface area contributed by atoms with Crippen LogP contribution in [0.25, 0.3) is 0 Å². The summed E-state index contributed by atoms with van der Waals surface area (Å²) in [6.45, 7) is 12.8. The molecule has 1 aliphatic rings. The second-order valence-corrected chi connectivity index (χ2v) is 8.24. The van der Waals surface area contributed by atoms with Crippen LogP contribution in [0.3, 0.4) is 0 Å². The number of nitrogens with zero attached hydrogens (tertiary/aromatic N) is 3. The zero-order valence-electron chi connectivity index (χ0n) is 19.3. The SMILES string of the molecule is CCNC(=NCc1ccnc(OCc2ccccc2)c1)NCC(C)(C)N1CCOCC1.I. The number of hydrogen-bond acceptors (Lipinski definition) is 5. The van der Waals surface area contributed by atoms with Crippen molar-refractivity contribution < 1.29 is 9.47 Å². The van der Waals surface area contributed by atoms with E-state index in [0.717, 1.165) is 56.5 Å². The largest absolute Gasteiger partial charge is 0.473 e. The van der Waals surface area contributed by atoms with Crippen LogP contribution in [-0.4, -0.2) is 60.8 Å². The van der Waals surface area contributed by atoms with Gasteiger partial charge in [0.25, 0.3) is 0 Å². The highest BCUT2D eigenvalue weighted by Gasteiger charge is 2.28. The average Bonchev–Trinajstić information content (AvgIpc) is 2.81. The molecule has 3 rings (SSSR count). The van der Waals surface area contributed by atoms with Crippen LogP contribution in [0.1, 0.15) is 31.9 Å². The van der Waals surface area contributed by atoms with E-state index in [0.29, 0.717) is 19.0 Å². The predicted molar refractivity (Wildman–Crippen MR) is 140 cm³/mol. The molecule has 1 aromatic heterocycles. The number of rotatable bonds is 9. The normalized spacial score (nSPS) is 15.0. The molecule has 0 saturated carbocycles. The van der Waals surface area contributed by atoms with Crippen LogP contribution in [0.2, 0.25) is 0 Å². The molecular weight excluding hydrogens is 517 g/mol. The Hall–Kier alpha value is -1.91. The monoisotopic (exact) mass is 553 g/mol. The lowest BCUT2D eigenvalue weighted by Crippen LogP contribution is -2.56. The van der Waals surface area contributed by atoms with Gasteiger partial charge in [-0.05, 0) is 38.0 Å².